The number of pyridine rings is 1. The van der Waals surface area contributed by atoms with Crippen molar-refractivity contribution >= 4 is 62.6 Å². The summed E-state index contributed by atoms with van der Waals surface area (Å²) in [6.07, 6.45) is 8.14. The highest BCUT2D eigenvalue weighted by Gasteiger charge is 2.36. The number of thioether (sulfide) groups is 2. The summed E-state index contributed by atoms with van der Waals surface area (Å²) in [7, 11) is 0. The number of rotatable bonds is 9. The fourth-order valence-electron chi connectivity index (χ4n) is 4.96. The molecule has 0 unspecified atom stereocenters. The van der Waals surface area contributed by atoms with E-state index >= 15 is 0 Å². The van der Waals surface area contributed by atoms with E-state index in [0.29, 0.717) is 0 Å². The Labute approximate surface area is 242 Å². The van der Waals surface area contributed by atoms with Crippen LogP contribution in [0.4, 0.5) is 5.69 Å². The molecule has 2 aliphatic rings. The minimum Gasteiger partial charge on any atom is -0.335 e. The fourth-order valence-corrected chi connectivity index (χ4v) is 8.30. The predicted molar refractivity (Wildman–Crippen MR) is 166 cm³/mol. The van der Waals surface area contributed by atoms with Crippen LogP contribution >= 0.6 is 34.9 Å². The van der Waals surface area contributed by atoms with Gasteiger partial charge in [-0.1, -0.05) is 67.3 Å². The normalized spacial score (nSPS) is 17.0. The van der Waals surface area contributed by atoms with Gasteiger partial charge in [0, 0.05) is 58.0 Å². The number of ketones is 1. The van der Waals surface area contributed by atoms with Gasteiger partial charge in [0.05, 0.1) is 16.4 Å². The van der Waals surface area contributed by atoms with Gasteiger partial charge in [-0.05, 0) is 42.8 Å². The van der Waals surface area contributed by atoms with Gasteiger partial charge in [0.25, 0.3) is 5.01 Å². The van der Waals surface area contributed by atoms with Crippen LogP contribution in [0.15, 0.2) is 105 Å². The molecule has 4 nitrogen and oxygen atoms in total. The van der Waals surface area contributed by atoms with Gasteiger partial charge in [0.15, 0.2) is 5.78 Å². The van der Waals surface area contributed by atoms with Crippen molar-refractivity contribution in [3.05, 3.63) is 111 Å². The summed E-state index contributed by atoms with van der Waals surface area (Å²) in [5, 5.41) is 2.25. The molecule has 1 aliphatic heterocycles. The Morgan fingerprint density at radius 2 is 1.79 bits per heavy atom. The lowest BCUT2D eigenvalue weighted by Crippen LogP contribution is -2.35. The second-order valence-electron chi connectivity index (χ2n) is 9.50. The number of carbonyl (C=O) groups excluding carboxylic acids is 1. The van der Waals surface area contributed by atoms with Crippen LogP contribution in [-0.2, 0) is 17.1 Å². The van der Waals surface area contributed by atoms with E-state index in [1.54, 1.807) is 34.9 Å². The molecule has 196 valence electrons. The molecule has 0 saturated carbocycles. The summed E-state index contributed by atoms with van der Waals surface area (Å²) in [5.41, 5.74) is 5.09. The van der Waals surface area contributed by atoms with Crippen LogP contribution < -0.4 is 9.47 Å². The van der Waals surface area contributed by atoms with Crippen LogP contribution in [-0.4, -0.2) is 17.3 Å². The lowest BCUT2D eigenvalue weighted by atomic mass is 9.89. The molecule has 0 saturated heterocycles. The summed E-state index contributed by atoms with van der Waals surface area (Å²) in [6.45, 7) is 6.25. The molecule has 0 amide bonds. The first kappa shape index (κ1) is 26.1. The first-order valence-electron chi connectivity index (χ1n) is 13.4. The molecule has 2 aromatic carbocycles. The minimum atomic E-state index is 0.125. The molecule has 2 aromatic heterocycles. The molecule has 0 spiro atoms. The highest BCUT2D eigenvalue weighted by molar-refractivity contribution is 8.04. The van der Waals surface area contributed by atoms with Gasteiger partial charge in [-0.25, -0.2) is 0 Å². The maximum atomic E-state index is 13.8. The van der Waals surface area contributed by atoms with Crippen molar-refractivity contribution in [3.63, 3.8) is 0 Å². The average Bonchev–Trinajstić information content (AvgIpc) is 3.50. The topological polar surface area (TPSA) is 37.1 Å². The highest BCUT2D eigenvalue weighted by Crippen LogP contribution is 2.49. The number of para-hydroxylation sites is 2. The molecule has 1 aliphatic carbocycles. The van der Waals surface area contributed by atoms with E-state index in [4.69, 9.17) is 0 Å². The number of aromatic nitrogens is 2. The van der Waals surface area contributed by atoms with Crippen molar-refractivity contribution in [2.75, 3.05) is 11.4 Å². The summed E-state index contributed by atoms with van der Waals surface area (Å²) < 4.78 is 3.60. The molecule has 39 heavy (non-hydrogen) atoms. The van der Waals surface area contributed by atoms with Crippen LogP contribution in [0.5, 0.6) is 0 Å². The summed E-state index contributed by atoms with van der Waals surface area (Å²) in [5.74, 6) is 0.848. The van der Waals surface area contributed by atoms with Crippen LogP contribution in [0.1, 0.15) is 37.4 Å². The van der Waals surface area contributed by atoms with E-state index in [9.17, 15) is 4.79 Å². The zero-order valence-electron chi connectivity index (χ0n) is 22.1. The second-order valence-corrected chi connectivity index (χ2v) is 12.6. The van der Waals surface area contributed by atoms with Crippen molar-refractivity contribution in [3.8, 4) is 0 Å². The van der Waals surface area contributed by atoms with E-state index in [1.807, 2.05) is 24.4 Å². The Morgan fingerprint density at radius 3 is 2.62 bits per heavy atom. The van der Waals surface area contributed by atoms with Crippen molar-refractivity contribution < 1.29 is 9.36 Å². The number of hydrogen-bond donors (Lipinski definition) is 0. The summed E-state index contributed by atoms with van der Waals surface area (Å²) in [6, 6.07) is 23.0. The van der Waals surface area contributed by atoms with Gasteiger partial charge in [-0.15, -0.1) is 11.8 Å². The van der Waals surface area contributed by atoms with Crippen molar-refractivity contribution in [2.45, 2.75) is 43.9 Å². The molecular weight excluding hydrogens is 539 g/mol. The SMILES string of the molecule is CCCN1C(=CC2=C(SCc3ccccn3)C(=Cc3sc4ccccc4[n+]3CCC)C2=O)Sc2ccccc21. The number of benzene rings is 2. The third kappa shape index (κ3) is 5.11. The third-order valence-electron chi connectivity index (χ3n) is 6.77. The van der Waals surface area contributed by atoms with Crippen LogP contribution in [0.2, 0.25) is 0 Å². The number of hydrogen-bond acceptors (Lipinski definition) is 6. The van der Waals surface area contributed by atoms with E-state index in [1.165, 1.54) is 20.8 Å². The number of fused-ring (bicyclic) bond motifs is 2. The number of anilines is 1. The van der Waals surface area contributed by atoms with Crippen molar-refractivity contribution in [1.29, 1.82) is 0 Å². The van der Waals surface area contributed by atoms with Gasteiger partial charge in [-0.2, -0.15) is 4.57 Å². The Bertz CT molecular complexity index is 1630. The number of Topliss-reactive ketones (excluding diaryl/α,β-unsaturated/α-hetero) is 1. The van der Waals surface area contributed by atoms with E-state index in [0.717, 1.165) is 63.5 Å². The smallest absolute Gasteiger partial charge is 0.263 e. The van der Waals surface area contributed by atoms with Gasteiger partial charge < -0.3 is 4.90 Å². The largest absolute Gasteiger partial charge is 0.335 e. The molecule has 7 heteroatoms. The Balaban J connectivity index is 1.42. The molecular formula is C32H30N3OS3+. The molecule has 0 fully saturated rings. The first-order chi connectivity index (χ1) is 19.2. The van der Waals surface area contributed by atoms with Gasteiger partial charge in [0.2, 0.25) is 5.52 Å². The first-order valence-corrected chi connectivity index (χ1v) is 16.0. The second kappa shape index (κ2) is 11.5. The van der Waals surface area contributed by atoms with Crippen molar-refractivity contribution in [1.82, 2.24) is 4.98 Å². The molecule has 4 aromatic rings. The van der Waals surface area contributed by atoms with E-state index in [2.05, 4.69) is 89.0 Å². The number of thiazole rings is 1. The lowest BCUT2D eigenvalue weighted by Gasteiger charge is -2.25. The molecule has 6 rings (SSSR count). The summed E-state index contributed by atoms with van der Waals surface area (Å²) >= 11 is 5.22. The zero-order valence-corrected chi connectivity index (χ0v) is 24.5. The molecule has 0 atom stereocenters. The average molecular weight is 569 g/mol. The van der Waals surface area contributed by atoms with Gasteiger partial charge in [0.1, 0.15) is 11.2 Å². The van der Waals surface area contributed by atoms with Crippen LogP contribution in [0.25, 0.3) is 16.3 Å². The minimum absolute atomic E-state index is 0.125. The van der Waals surface area contributed by atoms with Gasteiger partial charge >= 0.3 is 0 Å². The third-order valence-corrected chi connectivity index (χ3v) is 10.2. The monoisotopic (exact) mass is 568 g/mol. The molecule has 0 radical (unpaired) electrons. The Hall–Kier alpha value is -3.13. The fraction of sp³-hybridized carbons (Fsp3) is 0.219. The van der Waals surface area contributed by atoms with E-state index < -0.39 is 0 Å². The van der Waals surface area contributed by atoms with E-state index in [-0.39, 0.29) is 5.78 Å². The quantitative estimate of drug-likeness (QED) is 0.151. The van der Waals surface area contributed by atoms with Gasteiger partial charge in [-0.3, -0.25) is 9.78 Å². The number of aryl methyl sites for hydroxylation is 1. The van der Waals surface area contributed by atoms with Crippen molar-refractivity contribution in [2.24, 2.45) is 0 Å². The maximum Gasteiger partial charge on any atom is 0.263 e. The Kier molecular flexibility index (Phi) is 7.73. The predicted octanol–water partition coefficient (Wildman–Crippen LogP) is 8.01. The maximum absolute atomic E-state index is 13.8. The lowest BCUT2D eigenvalue weighted by molar-refractivity contribution is -0.668. The number of nitrogens with zero attached hydrogens (tertiary/aromatic N) is 3. The standard InChI is InChI=1S/C32H30N3OS3/c1-3-17-34-25-12-5-7-14-27(25)38-29(34)19-23-31(36)24(32(23)37-21-22-11-9-10-16-33-22)20-30-35(18-4-2)26-13-6-8-15-28(26)39-30/h5-16,19-20H,3-4,17-18,21H2,1-2H3/q+1. The highest BCUT2D eigenvalue weighted by atomic mass is 32.2. The van der Waals surface area contributed by atoms with Crippen LogP contribution in [0.3, 0.4) is 0 Å². The zero-order chi connectivity index (χ0) is 26.8. The number of allylic oxidation sites excluding steroid dienone is 3. The number of carbonyl (C=O) groups is 1. The van der Waals surface area contributed by atoms with Crippen LogP contribution in [0, 0.1) is 0 Å². The Morgan fingerprint density at radius 1 is 0.974 bits per heavy atom. The molecule has 3 heterocycles. The molecule has 0 bridgehead atoms. The summed E-state index contributed by atoms with van der Waals surface area (Å²) in [4.78, 5) is 22.9. The molecule has 0 N–H and O–H groups in total.